The molecule has 2 aliphatic heterocycles. The summed E-state index contributed by atoms with van der Waals surface area (Å²) < 4.78 is 35.1. The van der Waals surface area contributed by atoms with Gasteiger partial charge in [-0.25, -0.2) is 13.1 Å². The average molecular weight is 1080 g/mol. The molecule has 2 aliphatic rings. The van der Waals surface area contributed by atoms with E-state index in [9.17, 15) is 46.8 Å². The van der Waals surface area contributed by atoms with E-state index in [1.807, 2.05) is 106 Å². The largest absolute Gasteiger partial charge is 0.380 e. The molecule has 0 spiro atoms. The molecule has 0 aliphatic carbocycles. The smallest absolute Gasteiger partial charge is 0.264 e. The second-order valence-corrected chi connectivity index (χ2v) is 25.4. The van der Waals surface area contributed by atoms with Gasteiger partial charge in [0, 0.05) is 60.8 Å². The SMILES string of the molecule is CN[C@H](C(=O)N[C@H](C(=O)N(C)[C@H](/C=C(\C)C(=O)NS(=O)(=O)c1ccc(NC(=O)[C@@H]2CCCN2C(=O)[C@H](C)NC(=O)CC(C)(C)COCC(C)(C)CN2C(=O)C=CC2=O)cc1)C(C)C)C(C)(C)C)C(C)(C)c1ccccc1. The van der Waals surface area contributed by atoms with E-state index in [2.05, 4.69) is 26.0 Å². The summed E-state index contributed by atoms with van der Waals surface area (Å²) in [4.78, 5) is 110. The van der Waals surface area contributed by atoms with Crippen molar-refractivity contribution in [1.29, 1.82) is 0 Å². The van der Waals surface area contributed by atoms with Crippen LogP contribution in [0.1, 0.15) is 115 Å². The highest BCUT2D eigenvalue weighted by atomic mass is 32.2. The van der Waals surface area contributed by atoms with E-state index in [0.717, 1.165) is 10.5 Å². The third kappa shape index (κ3) is 16.4. The number of nitrogens with one attached hydrogen (secondary N) is 5. The summed E-state index contributed by atoms with van der Waals surface area (Å²) in [5.74, 6) is -3.98. The Kier molecular flexibility index (Phi) is 20.7. The molecule has 2 heterocycles. The summed E-state index contributed by atoms with van der Waals surface area (Å²) in [5, 5.41) is 11.6. The molecule has 0 unspecified atom stereocenters. The summed E-state index contributed by atoms with van der Waals surface area (Å²) in [5.41, 5.74) is -1.33. The third-order valence-corrected chi connectivity index (χ3v) is 15.2. The molecule has 5 N–H and O–H groups in total. The van der Waals surface area contributed by atoms with E-state index in [0.29, 0.717) is 12.8 Å². The maximum Gasteiger partial charge on any atom is 0.264 e. The van der Waals surface area contributed by atoms with E-state index < -0.39 is 85.5 Å². The zero-order valence-electron chi connectivity index (χ0n) is 47.1. The van der Waals surface area contributed by atoms with Crippen LogP contribution in [0.25, 0.3) is 0 Å². The second kappa shape index (κ2) is 25.3. The van der Waals surface area contributed by atoms with Crippen LogP contribution in [-0.4, -0.2) is 141 Å². The lowest BCUT2D eigenvalue weighted by molar-refractivity contribution is -0.141. The Morgan fingerprint density at radius 2 is 1.39 bits per heavy atom. The molecule has 2 aromatic rings. The molecule has 8 amide bonds. The first kappa shape index (κ1) is 62.3. The van der Waals surface area contributed by atoms with Gasteiger partial charge in [-0.1, -0.05) is 113 Å². The van der Waals surface area contributed by atoms with Gasteiger partial charge in [0.1, 0.15) is 18.1 Å². The number of rotatable bonds is 24. The first-order valence-electron chi connectivity index (χ1n) is 25.8. The minimum Gasteiger partial charge on any atom is -0.380 e. The van der Waals surface area contributed by atoms with Gasteiger partial charge in [0.25, 0.3) is 27.7 Å². The highest BCUT2D eigenvalue weighted by molar-refractivity contribution is 7.90. The summed E-state index contributed by atoms with van der Waals surface area (Å²) in [6.45, 7) is 24.5. The number of likely N-dealkylation sites (N-methyl/N-ethyl adjacent to an activating group) is 2. The van der Waals surface area contributed by atoms with Crippen LogP contribution in [0.3, 0.4) is 0 Å². The minimum absolute atomic E-state index is 0.0287. The molecule has 5 atom stereocenters. The Hall–Kier alpha value is -6.25. The van der Waals surface area contributed by atoms with Gasteiger partial charge in [0.05, 0.1) is 30.2 Å². The number of sulfonamides is 1. The Labute approximate surface area is 449 Å². The molecule has 0 bridgehead atoms. The van der Waals surface area contributed by atoms with E-state index >= 15 is 0 Å². The van der Waals surface area contributed by atoms with Gasteiger partial charge >= 0.3 is 0 Å². The van der Waals surface area contributed by atoms with Gasteiger partial charge in [-0.2, -0.15) is 0 Å². The van der Waals surface area contributed by atoms with Crippen molar-refractivity contribution < 1.29 is 51.5 Å². The highest BCUT2D eigenvalue weighted by Gasteiger charge is 2.42. The molecule has 2 aromatic carbocycles. The van der Waals surface area contributed by atoms with Crippen LogP contribution in [0, 0.1) is 22.2 Å². The summed E-state index contributed by atoms with van der Waals surface area (Å²) in [6, 6.07) is 10.7. The maximum absolute atomic E-state index is 14.4. The van der Waals surface area contributed by atoms with Gasteiger partial charge in [-0.3, -0.25) is 43.3 Å². The quantitative estimate of drug-likeness (QED) is 0.0701. The fourth-order valence-electron chi connectivity index (χ4n) is 9.42. The minimum atomic E-state index is -4.42. The topological polar surface area (TPSA) is 250 Å². The van der Waals surface area contributed by atoms with Gasteiger partial charge in [-0.05, 0) is 80.3 Å². The molecule has 1 fully saturated rings. The molecule has 20 heteroatoms. The first-order chi connectivity index (χ1) is 35.1. The Bertz CT molecular complexity index is 2620. The zero-order valence-corrected chi connectivity index (χ0v) is 47.9. The third-order valence-electron chi connectivity index (χ3n) is 13.8. The van der Waals surface area contributed by atoms with Crippen molar-refractivity contribution >= 4 is 63.0 Å². The molecule has 1 saturated heterocycles. The van der Waals surface area contributed by atoms with Gasteiger partial charge in [0.2, 0.25) is 29.5 Å². The molecule has 4 rings (SSSR count). The van der Waals surface area contributed by atoms with Crippen molar-refractivity contribution in [3.63, 3.8) is 0 Å². The fourth-order valence-corrected chi connectivity index (χ4v) is 10.4. The van der Waals surface area contributed by atoms with E-state index in [-0.39, 0.29) is 78.4 Å². The van der Waals surface area contributed by atoms with Crippen molar-refractivity contribution in [2.24, 2.45) is 22.2 Å². The van der Waals surface area contributed by atoms with Crippen molar-refractivity contribution in [2.45, 2.75) is 150 Å². The van der Waals surface area contributed by atoms with Gasteiger partial charge in [0.15, 0.2) is 0 Å². The van der Waals surface area contributed by atoms with Crippen molar-refractivity contribution in [3.05, 3.63) is 84.0 Å². The van der Waals surface area contributed by atoms with Crippen LogP contribution in [0.15, 0.2) is 83.3 Å². The molecule has 0 aromatic heterocycles. The van der Waals surface area contributed by atoms with Crippen LogP contribution >= 0.6 is 0 Å². The Morgan fingerprint density at radius 3 is 1.95 bits per heavy atom. The maximum atomic E-state index is 14.4. The molecule has 0 radical (unpaired) electrons. The summed E-state index contributed by atoms with van der Waals surface area (Å²) >= 11 is 0. The molecule has 76 heavy (non-hydrogen) atoms. The van der Waals surface area contributed by atoms with E-state index in [4.69, 9.17) is 4.74 Å². The molecular weight excluding hydrogens is 993 g/mol. The monoisotopic (exact) mass is 1070 g/mol. The number of benzene rings is 2. The highest BCUT2D eigenvalue weighted by Crippen LogP contribution is 2.30. The fraction of sp³-hybridized carbons (Fsp3) is 0.571. The van der Waals surface area contributed by atoms with E-state index in [1.54, 1.807) is 21.0 Å². The van der Waals surface area contributed by atoms with Crippen LogP contribution in [-0.2, 0) is 58.5 Å². The van der Waals surface area contributed by atoms with Crippen LogP contribution < -0.4 is 26.0 Å². The Morgan fingerprint density at radius 1 is 0.816 bits per heavy atom. The number of likely N-dealkylation sites (tertiary alicyclic amines) is 1. The number of ether oxygens (including phenoxy) is 1. The molecule has 418 valence electrons. The zero-order chi connectivity index (χ0) is 57.3. The standard InChI is InChI=1S/C56H82N8O11S/c1-35(2)42(62(15)52(72)47(53(5,6)7)60-50(70)46(57-14)56(12,13)38-20-17-16-18-21-38)30-36(3)48(68)61-76(73,74)40-25-23-39(24-26-40)59-49(69)41-22-19-29-63(41)51(71)37(4)58-43(65)31-54(8,9)33-75-34-55(10,11)32-64-44(66)27-28-45(64)67/h16-18,20-21,23-28,30,35,37,41-42,46-47,57H,19,22,29,31-34H2,1-15H3,(H,58,65)(H,59,69)(H,60,70)(H,61,68)/b36-30+/t37-,41-,42+,46+,47+/m0/s1. The number of hydrogen-bond donors (Lipinski definition) is 5. The van der Waals surface area contributed by atoms with Crippen molar-refractivity contribution in [1.82, 2.24) is 35.4 Å². The number of anilines is 1. The van der Waals surface area contributed by atoms with Crippen LogP contribution in [0.5, 0.6) is 0 Å². The Balaban J connectivity index is 1.33. The second-order valence-electron chi connectivity index (χ2n) is 23.7. The normalized spacial score (nSPS) is 17.3. The number of amides is 8. The number of hydrogen-bond acceptors (Lipinski definition) is 12. The average Bonchev–Trinajstić information content (AvgIpc) is 3.94. The van der Waals surface area contributed by atoms with Gasteiger partial charge < -0.3 is 35.8 Å². The first-order valence-corrected chi connectivity index (χ1v) is 27.3. The number of carbonyl (C=O) groups excluding carboxylic acids is 8. The lowest BCUT2D eigenvalue weighted by Gasteiger charge is -2.40. The molecule has 0 saturated carbocycles. The lowest BCUT2D eigenvalue weighted by Crippen LogP contribution is -2.61. The molecule has 19 nitrogen and oxygen atoms in total. The summed E-state index contributed by atoms with van der Waals surface area (Å²) in [7, 11) is -1.14. The van der Waals surface area contributed by atoms with Crippen molar-refractivity contribution in [2.75, 3.05) is 45.7 Å². The predicted molar refractivity (Wildman–Crippen MR) is 290 cm³/mol. The number of carbonyl (C=O) groups is 8. The van der Waals surface area contributed by atoms with Crippen molar-refractivity contribution in [3.8, 4) is 0 Å². The van der Waals surface area contributed by atoms with E-state index in [1.165, 1.54) is 59.2 Å². The summed E-state index contributed by atoms with van der Waals surface area (Å²) in [6.07, 6.45) is 4.93. The number of nitrogens with zero attached hydrogens (tertiary/aromatic N) is 3. The van der Waals surface area contributed by atoms with Crippen LogP contribution in [0.4, 0.5) is 5.69 Å². The van der Waals surface area contributed by atoms with Gasteiger partial charge in [-0.15, -0.1) is 0 Å². The lowest BCUT2D eigenvalue weighted by atomic mass is 9.76. The molecular formula is C56H82N8O11S. The predicted octanol–water partition coefficient (Wildman–Crippen LogP) is 4.84. The number of imide groups is 1. The van der Waals surface area contributed by atoms with Crippen LogP contribution in [0.2, 0.25) is 0 Å².